The molecule has 0 aliphatic rings. The van der Waals surface area contributed by atoms with E-state index in [1.165, 1.54) is 23.9 Å². The van der Waals surface area contributed by atoms with Crippen LogP contribution < -0.4 is 4.72 Å². The van der Waals surface area contributed by atoms with Gasteiger partial charge in [-0.05, 0) is 26.3 Å². The van der Waals surface area contributed by atoms with Gasteiger partial charge in [0.15, 0.2) is 0 Å². The van der Waals surface area contributed by atoms with E-state index in [0.717, 1.165) is 0 Å². The summed E-state index contributed by atoms with van der Waals surface area (Å²) in [7, 11) is -2.16. The van der Waals surface area contributed by atoms with Crippen LogP contribution in [-0.4, -0.2) is 44.3 Å². The SMILES string of the molecule is COCCCNS(=O)(=O)c1cc(C(=O)O)n(C(C)C)c1. The predicted molar refractivity (Wildman–Crippen MR) is 73.5 cm³/mol. The van der Waals surface area contributed by atoms with Gasteiger partial charge < -0.3 is 14.4 Å². The van der Waals surface area contributed by atoms with E-state index in [1.54, 1.807) is 13.8 Å². The van der Waals surface area contributed by atoms with Crippen LogP contribution in [0, 0.1) is 0 Å². The monoisotopic (exact) mass is 304 g/mol. The van der Waals surface area contributed by atoms with Crippen molar-refractivity contribution in [2.75, 3.05) is 20.3 Å². The molecule has 0 bridgehead atoms. The number of aromatic carboxylic acids is 1. The lowest BCUT2D eigenvalue weighted by atomic mass is 10.3. The van der Waals surface area contributed by atoms with E-state index in [-0.39, 0.29) is 23.2 Å². The number of nitrogens with one attached hydrogen (secondary N) is 1. The fourth-order valence-electron chi connectivity index (χ4n) is 1.71. The first kappa shape index (κ1) is 16.7. The maximum atomic E-state index is 12.0. The Hall–Kier alpha value is -1.38. The predicted octanol–water partition coefficient (Wildman–Crippen LogP) is 1.08. The van der Waals surface area contributed by atoms with E-state index < -0.39 is 16.0 Å². The van der Waals surface area contributed by atoms with E-state index in [9.17, 15) is 13.2 Å². The van der Waals surface area contributed by atoms with Gasteiger partial charge in [-0.15, -0.1) is 0 Å². The Kier molecular flexibility index (Phi) is 5.73. The van der Waals surface area contributed by atoms with Crippen LogP contribution in [-0.2, 0) is 14.8 Å². The van der Waals surface area contributed by atoms with E-state index in [1.807, 2.05) is 0 Å². The average Bonchev–Trinajstić information content (AvgIpc) is 2.80. The lowest BCUT2D eigenvalue weighted by Gasteiger charge is -2.09. The fraction of sp³-hybridized carbons (Fsp3) is 0.583. The van der Waals surface area contributed by atoms with Crippen LogP contribution in [0.4, 0.5) is 0 Å². The molecule has 1 heterocycles. The Balaban J connectivity index is 2.95. The smallest absolute Gasteiger partial charge is 0.352 e. The Morgan fingerprint density at radius 2 is 2.15 bits per heavy atom. The number of hydrogen-bond donors (Lipinski definition) is 2. The van der Waals surface area contributed by atoms with Gasteiger partial charge in [0.05, 0.1) is 0 Å². The molecule has 1 aromatic heterocycles. The summed E-state index contributed by atoms with van der Waals surface area (Å²) in [5.74, 6) is -1.15. The van der Waals surface area contributed by atoms with Crippen LogP contribution in [0.25, 0.3) is 0 Å². The van der Waals surface area contributed by atoms with Gasteiger partial charge in [-0.25, -0.2) is 17.9 Å². The summed E-state index contributed by atoms with van der Waals surface area (Å²) in [5, 5.41) is 9.09. The highest BCUT2D eigenvalue weighted by Gasteiger charge is 2.21. The highest BCUT2D eigenvalue weighted by atomic mass is 32.2. The third-order valence-electron chi connectivity index (χ3n) is 2.73. The van der Waals surface area contributed by atoms with Crippen LogP contribution >= 0.6 is 0 Å². The number of carboxylic acids is 1. The van der Waals surface area contributed by atoms with E-state index in [2.05, 4.69) is 4.72 Å². The number of carbonyl (C=O) groups is 1. The summed E-state index contributed by atoms with van der Waals surface area (Å²) in [5.41, 5.74) is -0.0442. The van der Waals surface area contributed by atoms with Crippen molar-refractivity contribution in [3.8, 4) is 0 Å². The van der Waals surface area contributed by atoms with Gasteiger partial charge in [-0.2, -0.15) is 0 Å². The number of nitrogens with zero attached hydrogens (tertiary/aromatic N) is 1. The number of methoxy groups -OCH3 is 1. The first-order valence-corrected chi connectivity index (χ1v) is 7.71. The van der Waals surface area contributed by atoms with Gasteiger partial charge in [0, 0.05) is 32.5 Å². The molecule has 7 nitrogen and oxygen atoms in total. The minimum absolute atomic E-state index is 0.0407. The first-order chi connectivity index (χ1) is 9.29. The topological polar surface area (TPSA) is 97.6 Å². The maximum absolute atomic E-state index is 12.0. The van der Waals surface area contributed by atoms with Crippen molar-refractivity contribution in [2.24, 2.45) is 0 Å². The first-order valence-electron chi connectivity index (χ1n) is 6.23. The minimum Gasteiger partial charge on any atom is -0.477 e. The number of aromatic nitrogens is 1. The second kappa shape index (κ2) is 6.87. The van der Waals surface area contributed by atoms with Crippen LogP contribution in [0.15, 0.2) is 17.2 Å². The molecule has 1 aromatic rings. The van der Waals surface area contributed by atoms with Gasteiger partial charge in [0.2, 0.25) is 10.0 Å². The molecule has 0 aromatic carbocycles. The third-order valence-corrected chi connectivity index (χ3v) is 4.15. The molecule has 0 atom stereocenters. The zero-order valence-electron chi connectivity index (χ0n) is 11.8. The summed E-state index contributed by atoms with van der Waals surface area (Å²) >= 11 is 0. The zero-order chi connectivity index (χ0) is 15.3. The fourth-order valence-corrected chi connectivity index (χ4v) is 2.80. The van der Waals surface area contributed by atoms with E-state index in [4.69, 9.17) is 9.84 Å². The quantitative estimate of drug-likeness (QED) is 0.700. The van der Waals surface area contributed by atoms with Crippen molar-refractivity contribution >= 4 is 16.0 Å². The molecule has 1 rings (SSSR count). The summed E-state index contributed by atoms with van der Waals surface area (Å²) < 4.78 is 32.8. The Morgan fingerprint density at radius 1 is 1.50 bits per heavy atom. The van der Waals surface area contributed by atoms with Gasteiger partial charge in [-0.3, -0.25) is 0 Å². The van der Waals surface area contributed by atoms with Crippen molar-refractivity contribution in [1.29, 1.82) is 0 Å². The Labute approximate surface area is 118 Å². The summed E-state index contributed by atoms with van der Waals surface area (Å²) in [6.45, 7) is 4.27. The Morgan fingerprint density at radius 3 is 2.60 bits per heavy atom. The summed E-state index contributed by atoms with van der Waals surface area (Å²) in [6.07, 6.45) is 1.89. The van der Waals surface area contributed by atoms with Gasteiger partial charge >= 0.3 is 5.97 Å². The lowest BCUT2D eigenvalue weighted by molar-refractivity contribution is 0.0683. The number of hydrogen-bond acceptors (Lipinski definition) is 4. The molecule has 0 fully saturated rings. The molecule has 0 radical (unpaired) electrons. The zero-order valence-corrected chi connectivity index (χ0v) is 12.6. The summed E-state index contributed by atoms with van der Waals surface area (Å²) in [6, 6.07) is 1.03. The van der Waals surface area contributed by atoms with Crippen LogP contribution in [0.2, 0.25) is 0 Å². The maximum Gasteiger partial charge on any atom is 0.352 e. The van der Waals surface area contributed by atoms with Gasteiger partial charge in [0.1, 0.15) is 10.6 Å². The van der Waals surface area contributed by atoms with Crippen molar-refractivity contribution in [3.05, 3.63) is 18.0 Å². The molecule has 0 saturated carbocycles. The number of ether oxygens (including phenoxy) is 1. The molecule has 0 aliphatic carbocycles. The molecule has 8 heteroatoms. The number of sulfonamides is 1. The standard InChI is InChI=1S/C12H20N2O5S/c1-9(2)14-8-10(7-11(14)12(15)16)20(17,18)13-5-4-6-19-3/h7-9,13H,4-6H2,1-3H3,(H,15,16). The average molecular weight is 304 g/mol. The molecule has 114 valence electrons. The highest BCUT2D eigenvalue weighted by molar-refractivity contribution is 7.89. The highest BCUT2D eigenvalue weighted by Crippen LogP contribution is 2.18. The molecular formula is C12H20N2O5S. The van der Waals surface area contributed by atoms with Crippen LogP contribution in [0.1, 0.15) is 36.8 Å². The Bertz CT molecular complexity index is 562. The van der Waals surface area contributed by atoms with Gasteiger partial charge in [0.25, 0.3) is 0 Å². The minimum atomic E-state index is -3.70. The van der Waals surface area contributed by atoms with Crippen molar-refractivity contribution in [1.82, 2.24) is 9.29 Å². The van der Waals surface area contributed by atoms with Crippen molar-refractivity contribution in [3.63, 3.8) is 0 Å². The molecule has 2 N–H and O–H groups in total. The molecule has 0 spiro atoms. The van der Waals surface area contributed by atoms with Crippen LogP contribution in [0.5, 0.6) is 0 Å². The molecular weight excluding hydrogens is 284 g/mol. The molecule has 20 heavy (non-hydrogen) atoms. The molecule has 0 unspecified atom stereocenters. The lowest BCUT2D eigenvalue weighted by Crippen LogP contribution is -2.25. The molecule has 0 aliphatic heterocycles. The number of carboxylic acid groups (broad SMARTS) is 1. The second-order valence-electron chi connectivity index (χ2n) is 4.61. The van der Waals surface area contributed by atoms with Crippen molar-refractivity contribution in [2.45, 2.75) is 31.2 Å². The third kappa shape index (κ3) is 4.06. The molecule has 0 amide bonds. The van der Waals surface area contributed by atoms with Crippen LogP contribution in [0.3, 0.4) is 0 Å². The summed E-state index contributed by atoms with van der Waals surface area (Å²) in [4.78, 5) is 11.1. The largest absolute Gasteiger partial charge is 0.477 e. The number of rotatable bonds is 8. The van der Waals surface area contributed by atoms with E-state index in [0.29, 0.717) is 13.0 Å². The van der Waals surface area contributed by atoms with Gasteiger partial charge in [-0.1, -0.05) is 0 Å². The normalized spacial score (nSPS) is 12.0. The van der Waals surface area contributed by atoms with E-state index >= 15 is 0 Å². The second-order valence-corrected chi connectivity index (χ2v) is 6.38. The molecule has 0 saturated heterocycles. The van der Waals surface area contributed by atoms with Crippen molar-refractivity contribution < 1.29 is 23.1 Å².